The Bertz CT molecular complexity index is 377. The Morgan fingerprint density at radius 2 is 1.85 bits per heavy atom. The zero-order valence-electron chi connectivity index (χ0n) is 13.7. The third kappa shape index (κ3) is 5.46. The van der Waals surface area contributed by atoms with E-state index in [1.54, 1.807) is 0 Å². The number of nitrogens with zero attached hydrogens (tertiary/aromatic N) is 4. The van der Waals surface area contributed by atoms with Crippen LogP contribution in [0.15, 0.2) is 4.42 Å². The number of anilines is 1. The highest BCUT2D eigenvalue weighted by Gasteiger charge is 2.18. The minimum absolute atomic E-state index is 0.0935. The van der Waals surface area contributed by atoms with Crippen molar-refractivity contribution in [2.75, 3.05) is 45.2 Å². The maximum atomic E-state index is 5.82. The Kier molecular flexibility index (Phi) is 6.95. The molecule has 0 amide bonds. The molecule has 0 saturated carbocycles. The summed E-state index contributed by atoms with van der Waals surface area (Å²) in [5, 5.41) is 11.6. The largest absolute Gasteiger partial charge is 0.406 e. The van der Waals surface area contributed by atoms with Crippen LogP contribution in [0.1, 0.15) is 39.6 Å². The van der Waals surface area contributed by atoms with Crippen LogP contribution in [0.5, 0.6) is 0 Å². The predicted molar refractivity (Wildman–Crippen MR) is 82.0 cm³/mol. The van der Waals surface area contributed by atoms with Crippen molar-refractivity contribution in [1.29, 1.82) is 0 Å². The van der Waals surface area contributed by atoms with Gasteiger partial charge >= 0.3 is 6.01 Å². The van der Waals surface area contributed by atoms with Crippen molar-refractivity contribution in [2.24, 2.45) is 5.92 Å². The fourth-order valence-corrected chi connectivity index (χ4v) is 1.95. The first kappa shape index (κ1) is 16.9. The maximum absolute atomic E-state index is 5.82. The lowest BCUT2D eigenvalue weighted by Crippen LogP contribution is -2.34. The van der Waals surface area contributed by atoms with Crippen molar-refractivity contribution in [3.05, 3.63) is 5.89 Å². The number of nitrogens with one attached hydrogen (secondary N) is 1. The normalized spacial score (nSPS) is 13.2. The standard InChI is InChI=1S/C14H29N5O/c1-7-15-12(4)13-16-17-14(20-13)19(10-11(2)3)9-8-18(5)6/h11-12,15H,7-10H2,1-6H3. The van der Waals surface area contributed by atoms with E-state index < -0.39 is 0 Å². The van der Waals surface area contributed by atoms with Crippen LogP contribution in [0.2, 0.25) is 0 Å². The van der Waals surface area contributed by atoms with Gasteiger partial charge in [-0.05, 0) is 33.5 Å². The summed E-state index contributed by atoms with van der Waals surface area (Å²) < 4.78 is 5.82. The smallest absolute Gasteiger partial charge is 0.318 e. The number of aromatic nitrogens is 2. The molecule has 0 fully saturated rings. The van der Waals surface area contributed by atoms with Gasteiger partial charge in [0.15, 0.2) is 0 Å². The molecule has 6 heteroatoms. The summed E-state index contributed by atoms with van der Waals surface area (Å²) in [5.41, 5.74) is 0. The average Bonchev–Trinajstić information content (AvgIpc) is 2.83. The molecule has 0 aliphatic rings. The Labute approximate surface area is 122 Å². The summed E-state index contributed by atoms with van der Waals surface area (Å²) in [6, 6.07) is 0.719. The molecule has 1 aromatic heterocycles. The molecule has 0 aliphatic carbocycles. The van der Waals surface area contributed by atoms with Crippen LogP contribution >= 0.6 is 0 Å². The second-order valence-corrected chi connectivity index (χ2v) is 5.85. The second-order valence-electron chi connectivity index (χ2n) is 5.85. The van der Waals surface area contributed by atoms with Crippen molar-refractivity contribution in [3.8, 4) is 0 Å². The molecule has 1 heterocycles. The summed E-state index contributed by atoms with van der Waals surface area (Å²) in [4.78, 5) is 4.33. The van der Waals surface area contributed by atoms with Gasteiger partial charge in [-0.25, -0.2) is 0 Å². The number of likely N-dealkylation sites (N-methyl/N-ethyl adjacent to an activating group) is 1. The van der Waals surface area contributed by atoms with Crippen LogP contribution in [-0.4, -0.2) is 55.4 Å². The van der Waals surface area contributed by atoms with E-state index >= 15 is 0 Å². The molecule has 0 saturated heterocycles. The SMILES string of the molecule is CCNC(C)c1nnc(N(CCN(C)C)CC(C)C)o1. The van der Waals surface area contributed by atoms with Crippen molar-refractivity contribution < 1.29 is 4.42 Å². The quantitative estimate of drug-likeness (QED) is 0.745. The van der Waals surface area contributed by atoms with Gasteiger partial charge in [-0.2, -0.15) is 0 Å². The van der Waals surface area contributed by atoms with Crippen molar-refractivity contribution in [3.63, 3.8) is 0 Å². The molecule has 0 aromatic carbocycles. The Hall–Kier alpha value is -1.14. The maximum Gasteiger partial charge on any atom is 0.318 e. The molecule has 0 radical (unpaired) electrons. The summed E-state index contributed by atoms with van der Waals surface area (Å²) in [6.45, 7) is 12.2. The fraction of sp³-hybridized carbons (Fsp3) is 0.857. The average molecular weight is 283 g/mol. The molecule has 0 aliphatic heterocycles. The minimum Gasteiger partial charge on any atom is -0.406 e. The van der Waals surface area contributed by atoms with Crippen molar-refractivity contribution in [2.45, 2.75) is 33.7 Å². The van der Waals surface area contributed by atoms with Crippen molar-refractivity contribution in [1.82, 2.24) is 20.4 Å². The van der Waals surface area contributed by atoms with Gasteiger partial charge in [0.1, 0.15) is 0 Å². The highest BCUT2D eigenvalue weighted by atomic mass is 16.4. The van der Waals surface area contributed by atoms with E-state index in [1.807, 2.05) is 6.92 Å². The molecule has 116 valence electrons. The van der Waals surface area contributed by atoms with Gasteiger partial charge < -0.3 is 19.5 Å². The van der Waals surface area contributed by atoms with Crippen LogP contribution in [-0.2, 0) is 0 Å². The van der Waals surface area contributed by atoms with Crippen LogP contribution in [0.25, 0.3) is 0 Å². The first-order valence-electron chi connectivity index (χ1n) is 7.40. The molecule has 20 heavy (non-hydrogen) atoms. The highest BCUT2D eigenvalue weighted by Crippen LogP contribution is 2.18. The van der Waals surface area contributed by atoms with Crippen LogP contribution < -0.4 is 10.2 Å². The van der Waals surface area contributed by atoms with Crippen molar-refractivity contribution >= 4 is 6.01 Å². The van der Waals surface area contributed by atoms with Gasteiger partial charge in [0.25, 0.3) is 0 Å². The monoisotopic (exact) mass is 283 g/mol. The van der Waals surface area contributed by atoms with E-state index in [0.29, 0.717) is 17.8 Å². The zero-order valence-corrected chi connectivity index (χ0v) is 13.7. The molecule has 1 atom stereocenters. The first-order chi connectivity index (χ1) is 9.43. The third-order valence-electron chi connectivity index (χ3n) is 2.98. The third-order valence-corrected chi connectivity index (χ3v) is 2.98. The Morgan fingerprint density at radius 1 is 1.15 bits per heavy atom. The molecule has 1 rings (SSSR count). The van der Waals surface area contributed by atoms with Gasteiger partial charge in [-0.1, -0.05) is 25.9 Å². The Morgan fingerprint density at radius 3 is 2.40 bits per heavy atom. The van der Waals surface area contributed by atoms with Crippen LogP contribution in [0.4, 0.5) is 6.01 Å². The van der Waals surface area contributed by atoms with Gasteiger partial charge in [0.2, 0.25) is 5.89 Å². The van der Waals surface area contributed by atoms with E-state index in [9.17, 15) is 0 Å². The van der Waals surface area contributed by atoms with Gasteiger partial charge in [0.05, 0.1) is 6.04 Å². The molecule has 1 unspecified atom stereocenters. The second kappa shape index (κ2) is 8.21. The number of rotatable bonds is 9. The molecule has 0 bridgehead atoms. The lowest BCUT2D eigenvalue weighted by atomic mass is 10.2. The topological polar surface area (TPSA) is 57.4 Å². The van der Waals surface area contributed by atoms with Gasteiger partial charge in [0, 0.05) is 19.6 Å². The molecular formula is C14H29N5O. The highest BCUT2D eigenvalue weighted by molar-refractivity contribution is 5.24. The van der Waals surface area contributed by atoms with E-state index in [4.69, 9.17) is 4.42 Å². The molecule has 1 N–H and O–H groups in total. The lowest BCUT2D eigenvalue weighted by molar-refractivity contribution is 0.387. The van der Waals surface area contributed by atoms with Crippen LogP contribution in [0, 0.1) is 5.92 Å². The summed E-state index contributed by atoms with van der Waals surface area (Å²) in [6.07, 6.45) is 0. The van der Waals surface area contributed by atoms with E-state index in [1.165, 1.54) is 0 Å². The summed E-state index contributed by atoms with van der Waals surface area (Å²) >= 11 is 0. The Balaban J connectivity index is 2.74. The summed E-state index contributed by atoms with van der Waals surface area (Å²) in [7, 11) is 4.14. The lowest BCUT2D eigenvalue weighted by Gasteiger charge is -2.23. The molecule has 0 spiro atoms. The van der Waals surface area contributed by atoms with E-state index in [2.05, 4.69) is 60.2 Å². The van der Waals surface area contributed by atoms with E-state index in [0.717, 1.165) is 26.2 Å². The molecule has 6 nitrogen and oxygen atoms in total. The number of hydrogen-bond donors (Lipinski definition) is 1. The molecular weight excluding hydrogens is 254 g/mol. The molecule has 1 aromatic rings. The first-order valence-corrected chi connectivity index (χ1v) is 7.40. The predicted octanol–water partition coefficient (Wildman–Crippen LogP) is 1.76. The van der Waals surface area contributed by atoms with E-state index in [-0.39, 0.29) is 6.04 Å². The number of hydrogen-bond acceptors (Lipinski definition) is 6. The summed E-state index contributed by atoms with van der Waals surface area (Å²) in [5.74, 6) is 1.21. The fourth-order valence-electron chi connectivity index (χ4n) is 1.95. The van der Waals surface area contributed by atoms with Gasteiger partial charge in [-0.3, -0.25) is 0 Å². The minimum atomic E-state index is 0.0935. The van der Waals surface area contributed by atoms with Crippen LogP contribution in [0.3, 0.4) is 0 Å². The van der Waals surface area contributed by atoms with Gasteiger partial charge in [-0.15, -0.1) is 5.10 Å². The zero-order chi connectivity index (χ0) is 15.1.